The smallest absolute Gasteiger partial charge is 0.229 e. The van der Waals surface area contributed by atoms with Gasteiger partial charge in [-0.3, -0.25) is 0 Å². The van der Waals surface area contributed by atoms with Gasteiger partial charge in [0.2, 0.25) is 5.95 Å². The molecule has 2 rings (SSSR count). The van der Waals surface area contributed by atoms with E-state index >= 15 is 0 Å². The van der Waals surface area contributed by atoms with Gasteiger partial charge < -0.3 is 10.6 Å². The third-order valence-electron chi connectivity index (χ3n) is 2.88. The lowest BCUT2D eigenvalue weighted by Gasteiger charge is -2.10. The van der Waals surface area contributed by atoms with Crippen LogP contribution in [0.1, 0.15) is 20.3 Å². The number of nitrogens with one attached hydrogen (secondary N) is 2. The van der Waals surface area contributed by atoms with Crippen molar-refractivity contribution >= 4 is 17.5 Å². The maximum atomic E-state index is 13.6. The summed E-state index contributed by atoms with van der Waals surface area (Å²) >= 11 is 0. The fourth-order valence-corrected chi connectivity index (χ4v) is 1.74. The molecule has 0 unspecified atom stereocenters. The van der Waals surface area contributed by atoms with Gasteiger partial charge in [-0.1, -0.05) is 19.9 Å². The Bertz CT molecular complexity index is 582. The molecule has 0 fully saturated rings. The van der Waals surface area contributed by atoms with E-state index in [2.05, 4.69) is 34.4 Å². The number of anilines is 3. The third-order valence-corrected chi connectivity index (χ3v) is 2.88. The van der Waals surface area contributed by atoms with Crippen LogP contribution in [0.3, 0.4) is 0 Å². The first kappa shape index (κ1) is 15.2. The van der Waals surface area contributed by atoms with Crippen LogP contribution in [0.15, 0.2) is 30.5 Å². The molecule has 1 heterocycles. The first-order valence-corrected chi connectivity index (χ1v) is 6.84. The van der Waals surface area contributed by atoms with Gasteiger partial charge in [-0.2, -0.15) is 4.98 Å². The van der Waals surface area contributed by atoms with E-state index in [4.69, 9.17) is 0 Å². The first-order valence-electron chi connectivity index (χ1n) is 6.84. The van der Waals surface area contributed by atoms with Crippen molar-refractivity contribution in [1.82, 2.24) is 9.97 Å². The number of benzene rings is 1. The fourth-order valence-electron chi connectivity index (χ4n) is 1.74. The molecule has 0 saturated carbocycles. The number of hydrogen-bond donors (Lipinski definition) is 2. The van der Waals surface area contributed by atoms with Crippen molar-refractivity contribution < 1.29 is 8.78 Å². The highest BCUT2D eigenvalue weighted by atomic mass is 19.1. The van der Waals surface area contributed by atoms with E-state index in [1.54, 1.807) is 6.07 Å². The van der Waals surface area contributed by atoms with Crippen LogP contribution < -0.4 is 10.6 Å². The van der Waals surface area contributed by atoms with Gasteiger partial charge in [-0.25, -0.2) is 13.8 Å². The monoisotopic (exact) mass is 292 g/mol. The topological polar surface area (TPSA) is 49.8 Å². The highest BCUT2D eigenvalue weighted by Crippen LogP contribution is 2.21. The SMILES string of the molecule is CC(C)CCNc1ccnc(Nc2c(F)cccc2F)n1. The highest BCUT2D eigenvalue weighted by molar-refractivity contribution is 5.56. The van der Waals surface area contributed by atoms with Gasteiger partial charge in [-0.05, 0) is 30.5 Å². The van der Waals surface area contributed by atoms with Crippen molar-refractivity contribution in [2.24, 2.45) is 5.92 Å². The largest absolute Gasteiger partial charge is 0.370 e. The minimum atomic E-state index is -0.684. The van der Waals surface area contributed by atoms with Gasteiger partial charge in [0, 0.05) is 12.7 Å². The van der Waals surface area contributed by atoms with Crippen molar-refractivity contribution in [3.8, 4) is 0 Å². The zero-order valence-corrected chi connectivity index (χ0v) is 12.0. The summed E-state index contributed by atoms with van der Waals surface area (Å²) in [6.45, 7) is 5.05. The van der Waals surface area contributed by atoms with Crippen LogP contribution in [0.5, 0.6) is 0 Å². The summed E-state index contributed by atoms with van der Waals surface area (Å²) in [6, 6.07) is 5.37. The van der Waals surface area contributed by atoms with Crippen molar-refractivity contribution in [2.45, 2.75) is 20.3 Å². The van der Waals surface area contributed by atoms with Gasteiger partial charge in [0.25, 0.3) is 0 Å². The molecule has 4 nitrogen and oxygen atoms in total. The summed E-state index contributed by atoms with van der Waals surface area (Å²) in [5.74, 6) is -0.0172. The number of para-hydroxylation sites is 1. The van der Waals surface area contributed by atoms with E-state index in [0.717, 1.165) is 13.0 Å². The van der Waals surface area contributed by atoms with Crippen LogP contribution in [0, 0.1) is 17.6 Å². The molecular formula is C15H18F2N4. The van der Waals surface area contributed by atoms with Crippen LogP contribution >= 0.6 is 0 Å². The number of nitrogens with zero attached hydrogens (tertiary/aromatic N) is 2. The zero-order valence-electron chi connectivity index (χ0n) is 12.0. The highest BCUT2D eigenvalue weighted by Gasteiger charge is 2.10. The van der Waals surface area contributed by atoms with Crippen LogP contribution in [-0.2, 0) is 0 Å². The second-order valence-corrected chi connectivity index (χ2v) is 5.10. The average Bonchev–Trinajstić information content (AvgIpc) is 2.43. The number of rotatable bonds is 6. The molecule has 6 heteroatoms. The van der Waals surface area contributed by atoms with Gasteiger partial charge in [-0.15, -0.1) is 0 Å². The van der Waals surface area contributed by atoms with Crippen molar-refractivity contribution in [2.75, 3.05) is 17.2 Å². The van der Waals surface area contributed by atoms with Crippen molar-refractivity contribution in [3.63, 3.8) is 0 Å². The molecular weight excluding hydrogens is 274 g/mol. The molecule has 0 aliphatic carbocycles. The predicted octanol–water partition coefficient (Wildman–Crippen LogP) is 3.96. The molecule has 112 valence electrons. The summed E-state index contributed by atoms with van der Waals surface area (Å²) in [5.41, 5.74) is -0.253. The molecule has 0 aliphatic heterocycles. The summed E-state index contributed by atoms with van der Waals surface area (Å²) < 4.78 is 27.1. The third kappa shape index (κ3) is 4.37. The van der Waals surface area contributed by atoms with Crippen LogP contribution in [0.4, 0.5) is 26.2 Å². The molecule has 0 bridgehead atoms. The Labute approximate surface area is 122 Å². The van der Waals surface area contributed by atoms with E-state index in [9.17, 15) is 8.78 Å². The summed E-state index contributed by atoms with van der Waals surface area (Å²) in [7, 11) is 0. The molecule has 0 amide bonds. The van der Waals surface area contributed by atoms with Crippen molar-refractivity contribution in [3.05, 3.63) is 42.1 Å². The molecule has 0 aliphatic rings. The van der Waals surface area contributed by atoms with Crippen LogP contribution in [-0.4, -0.2) is 16.5 Å². The molecule has 21 heavy (non-hydrogen) atoms. The summed E-state index contributed by atoms with van der Waals surface area (Å²) in [6.07, 6.45) is 2.54. The molecule has 2 N–H and O–H groups in total. The first-order chi connectivity index (χ1) is 10.1. The molecule has 1 aromatic carbocycles. The minimum Gasteiger partial charge on any atom is -0.370 e. The molecule has 0 saturated heterocycles. The second-order valence-electron chi connectivity index (χ2n) is 5.10. The second kappa shape index (κ2) is 6.97. The Morgan fingerprint density at radius 3 is 2.52 bits per heavy atom. The van der Waals surface area contributed by atoms with Gasteiger partial charge in [0.1, 0.15) is 23.1 Å². The number of halogens is 2. The van der Waals surface area contributed by atoms with Gasteiger partial charge in [0.15, 0.2) is 0 Å². The van der Waals surface area contributed by atoms with E-state index in [1.807, 2.05) is 0 Å². The standard InChI is InChI=1S/C15H18F2N4/c1-10(2)6-8-18-13-7-9-19-15(20-13)21-14-11(16)4-3-5-12(14)17/h3-5,7,9-10H,6,8H2,1-2H3,(H2,18,19,20,21). The van der Waals surface area contributed by atoms with Gasteiger partial charge >= 0.3 is 0 Å². The Hall–Kier alpha value is -2.24. The molecule has 0 radical (unpaired) electrons. The number of hydrogen-bond acceptors (Lipinski definition) is 4. The minimum absolute atomic E-state index is 0.147. The molecule has 0 spiro atoms. The maximum Gasteiger partial charge on any atom is 0.229 e. The average molecular weight is 292 g/mol. The Kier molecular flexibility index (Phi) is 5.03. The Morgan fingerprint density at radius 1 is 1.14 bits per heavy atom. The normalized spacial score (nSPS) is 10.7. The van der Waals surface area contributed by atoms with Gasteiger partial charge in [0.05, 0.1) is 0 Å². The Balaban J connectivity index is 2.07. The predicted molar refractivity (Wildman–Crippen MR) is 79.6 cm³/mol. The number of aromatic nitrogens is 2. The van der Waals surface area contributed by atoms with E-state index < -0.39 is 11.6 Å². The van der Waals surface area contributed by atoms with E-state index in [0.29, 0.717) is 11.7 Å². The maximum absolute atomic E-state index is 13.6. The fraction of sp³-hybridized carbons (Fsp3) is 0.333. The molecule has 1 aromatic heterocycles. The lowest BCUT2D eigenvalue weighted by molar-refractivity contribution is 0.590. The Morgan fingerprint density at radius 2 is 1.86 bits per heavy atom. The van der Waals surface area contributed by atoms with Crippen molar-refractivity contribution in [1.29, 1.82) is 0 Å². The van der Waals surface area contributed by atoms with E-state index in [-0.39, 0.29) is 11.6 Å². The lowest BCUT2D eigenvalue weighted by Crippen LogP contribution is -2.08. The molecule has 0 atom stereocenters. The van der Waals surface area contributed by atoms with Crippen LogP contribution in [0.2, 0.25) is 0 Å². The quantitative estimate of drug-likeness (QED) is 0.846. The summed E-state index contributed by atoms with van der Waals surface area (Å²) in [4.78, 5) is 8.14. The lowest BCUT2D eigenvalue weighted by atomic mass is 10.1. The molecule has 2 aromatic rings. The van der Waals surface area contributed by atoms with E-state index in [1.165, 1.54) is 24.4 Å². The van der Waals surface area contributed by atoms with Crippen LogP contribution in [0.25, 0.3) is 0 Å². The summed E-state index contributed by atoms with van der Waals surface area (Å²) in [5, 5.41) is 5.72. The zero-order chi connectivity index (χ0) is 15.2.